The molecule has 1 aromatic rings. The Morgan fingerprint density at radius 1 is 1.15 bits per heavy atom. The van der Waals surface area contributed by atoms with Gasteiger partial charge in [0.05, 0.1) is 24.7 Å². The average Bonchev–Trinajstić information content (AvgIpc) is 2.87. The number of hydrogen-bond donors (Lipinski definition) is 0. The molecule has 0 aliphatic carbocycles. The predicted octanol–water partition coefficient (Wildman–Crippen LogP) is 1.35. The fourth-order valence-electron chi connectivity index (χ4n) is 2.64. The smallest absolute Gasteiger partial charge is 0.243 e. The zero-order chi connectivity index (χ0) is 14.2. The van der Waals surface area contributed by atoms with Crippen LogP contribution in [0.4, 0.5) is 4.39 Å². The van der Waals surface area contributed by atoms with E-state index in [4.69, 9.17) is 9.47 Å². The molecule has 2 aliphatic rings. The van der Waals surface area contributed by atoms with Gasteiger partial charge in [0.1, 0.15) is 5.82 Å². The molecular weight excluding hydrogens is 285 g/mol. The first-order valence-corrected chi connectivity index (χ1v) is 8.00. The minimum Gasteiger partial charge on any atom is -0.346 e. The topological polar surface area (TPSA) is 55.8 Å². The lowest BCUT2D eigenvalue weighted by Crippen LogP contribution is -2.50. The van der Waals surface area contributed by atoms with E-state index in [0.717, 1.165) is 12.1 Å². The molecular formula is C13H16FNO4S. The van der Waals surface area contributed by atoms with E-state index in [2.05, 4.69) is 0 Å². The highest BCUT2D eigenvalue weighted by Crippen LogP contribution is 2.32. The van der Waals surface area contributed by atoms with Crippen LogP contribution in [0.25, 0.3) is 0 Å². The summed E-state index contributed by atoms with van der Waals surface area (Å²) < 4.78 is 50.5. The molecule has 0 bridgehead atoms. The van der Waals surface area contributed by atoms with Crippen LogP contribution in [0.15, 0.2) is 29.2 Å². The fourth-order valence-corrected chi connectivity index (χ4v) is 4.16. The molecule has 110 valence electrons. The van der Waals surface area contributed by atoms with Gasteiger partial charge in [-0.3, -0.25) is 0 Å². The van der Waals surface area contributed by atoms with Crippen molar-refractivity contribution in [2.45, 2.75) is 23.5 Å². The van der Waals surface area contributed by atoms with E-state index >= 15 is 0 Å². The summed E-state index contributed by atoms with van der Waals surface area (Å²) in [5.74, 6) is -1.26. The first kappa shape index (κ1) is 13.9. The third kappa shape index (κ3) is 2.46. The van der Waals surface area contributed by atoms with Crippen LogP contribution in [0.3, 0.4) is 0 Å². The molecule has 0 N–H and O–H groups in total. The third-order valence-corrected chi connectivity index (χ3v) is 5.51. The van der Waals surface area contributed by atoms with E-state index in [1.54, 1.807) is 0 Å². The molecule has 0 atom stereocenters. The van der Waals surface area contributed by atoms with Crippen molar-refractivity contribution < 1.29 is 22.3 Å². The fraction of sp³-hybridized carbons (Fsp3) is 0.538. The summed E-state index contributed by atoms with van der Waals surface area (Å²) in [7, 11) is -3.64. The molecule has 0 unspecified atom stereocenters. The molecule has 1 spiro atoms. The number of piperidine rings is 1. The van der Waals surface area contributed by atoms with Crippen LogP contribution in [0.5, 0.6) is 0 Å². The zero-order valence-corrected chi connectivity index (χ0v) is 11.7. The Morgan fingerprint density at radius 2 is 1.80 bits per heavy atom. The van der Waals surface area contributed by atoms with E-state index in [-0.39, 0.29) is 11.4 Å². The predicted molar refractivity (Wildman–Crippen MR) is 69.0 cm³/mol. The highest BCUT2D eigenvalue weighted by molar-refractivity contribution is 7.89. The molecule has 3 rings (SSSR count). The van der Waals surface area contributed by atoms with E-state index in [1.807, 2.05) is 0 Å². The molecule has 0 saturated carbocycles. The van der Waals surface area contributed by atoms with Crippen LogP contribution in [-0.4, -0.2) is 44.8 Å². The van der Waals surface area contributed by atoms with E-state index in [9.17, 15) is 12.8 Å². The number of ether oxygens (including phenoxy) is 2. The van der Waals surface area contributed by atoms with Gasteiger partial charge in [-0.15, -0.1) is 0 Å². The monoisotopic (exact) mass is 301 g/mol. The lowest BCUT2D eigenvalue weighted by molar-refractivity contribution is -0.179. The van der Waals surface area contributed by atoms with Crippen LogP contribution >= 0.6 is 0 Å². The molecule has 0 radical (unpaired) electrons. The number of nitrogens with zero attached hydrogens (tertiary/aromatic N) is 1. The molecule has 2 aliphatic heterocycles. The zero-order valence-electron chi connectivity index (χ0n) is 10.9. The second kappa shape index (κ2) is 5.07. The van der Waals surface area contributed by atoms with Gasteiger partial charge in [-0.25, -0.2) is 12.8 Å². The highest BCUT2D eigenvalue weighted by Gasteiger charge is 2.44. The maximum atomic E-state index is 12.9. The molecule has 2 fully saturated rings. The van der Waals surface area contributed by atoms with Gasteiger partial charge >= 0.3 is 0 Å². The summed E-state index contributed by atoms with van der Waals surface area (Å²) in [6.07, 6.45) is 1.38. The third-order valence-electron chi connectivity index (χ3n) is 3.65. The SMILES string of the molecule is O=S(=O)(c1ccc(F)cc1)N1CCCC2(C1)OCCO2. The van der Waals surface area contributed by atoms with Crippen molar-refractivity contribution in [3.05, 3.63) is 30.1 Å². The van der Waals surface area contributed by atoms with Crippen LogP contribution < -0.4 is 0 Å². The van der Waals surface area contributed by atoms with Crippen LogP contribution in [0.1, 0.15) is 12.8 Å². The van der Waals surface area contributed by atoms with Crippen LogP contribution in [-0.2, 0) is 19.5 Å². The van der Waals surface area contributed by atoms with Gasteiger partial charge in [-0.05, 0) is 30.7 Å². The average molecular weight is 301 g/mol. The lowest BCUT2D eigenvalue weighted by atomic mass is 10.1. The molecule has 0 amide bonds. The van der Waals surface area contributed by atoms with Crippen LogP contribution in [0.2, 0.25) is 0 Å². The Kier molecular flexibility index (Phi) is 3.53. The molecule has 7 heteroatoms. The van der Waals surface area contributed by atoms with E-state index < -0.39 is 21.6 Å². The Bertz CT molecular complexity index is 581. The summed E-state index contributed by atoms with van der Waals surface area (Å²) in [5, 5.41) is 0. The van der Waals surface area contributed by atoms with Gasteiger partial charge in [0.2, 0.25) is 10.0 Å². The quantitative estimate of drug-likeness (QED) is 0.827. The van der Waals surface area contributed by atoms with Gasteiger partial charge in [0.15, 0.2) is 5.79 Å². The normalized spacial score (nSPS) is 23.2. The first-order chi connectivity index (χ1) is 9.52. The minimum absolute atomic E-state index is 0.0916. The minimum atomic E-state index is -3.64. The lowest BCUT2D eigenvalue weighted by Gasteiger charge is -2.37. The highest BCUT2D eigenvalue weighted by atomic mass is 32.2. The van der Waals surface area contributed by atoms with Crippen molar-refractivity contribution in [2.75, 3.05) is 26.3 Å². The summed E-state index contributed by atoms with van der Waals surface area (Å²) in [5.41, 5.74) is 0. The van der Waals surface area contributed by atoms with Crippen molar-refractivity contribution >= 4 is 10.0 Å². The van der Waals surface area contributed by atoms with Crippen molar-refractivity contribution in [3.63, 3.8) is 0 Å². The second-order valence-electron chi connectivity index (χ2n) is 5.00. The maximum absolute atomic E-state index is 12.9. The van der Waals surface area contributed by atoms with Crippen molar-refractivity contribution in [1.29, 1.82) is 0 Å². The number of benzene rings is 1. The van der Waals surface area contributed by atoms with Crippen molar-refractivity contribution in [3.8, 4) is 0 Å². The van der Waals surface area contributed by atoms with Crippen molar-refractivity contribution in [1.82, 2.24) is 4.31 Å². The first-order valence-electron chi connectivity index (χ1n) is 6.56. The maximum Gasteiger partial charge on any atom is 0.243 e. The Hall–Kier alpha value is -1.02. The molecule has 2 heterocycles. The standard InChI is InChI=1S/C13H16FNO4S/c14-11-2-4-12(5-3-11)20(16,17)15-7-1-6-13(10-15)18-8-9-19-13/h2-5H,1,6-10H2. The summed E-state index contributed by atoms with van der Waals surface area (Å²) in [4.78, 5) is 0.0916. The van der Waals surface area contributed by atoms with Crippen LogP contribution in [0, 0.1) is 5.82 Å². The van der Waals surface area contributed by atoms with Gasteiger partial charge in [0, 0.05) is 13.0 Å². The van der Waals surface area contributed by atoms with Gasteiger partial charge in [-0.2, -0.15) is 4.31 Å². The molecule has 2 saturated heterocycles. The molecule has 5 nitrogen and oxygen atoms in total. The van der Waals surface area contributed by atoms with E-state index in [0.29, 0.717) is 32.6 Å². The van der Waals surface area contributed by atoms with E-state index in [1.165, 1.54) is 16.4 Å². The van der Waals surface area contributed by atoms with Gasteiger partial charge < -0.3 is 9.47 Å². The number of rotatable bonds is 2. The summed E-state index contributed by atoms with van der Waals surface area (Å²) in [6, 6.07) is 4.86. The number of sulfonamides is 1. The summed E-state index contributed by atoms with van der Waals surface area (Å²) >= 11 is 0. The molecule has 20 heavy (non-hydrogen) atoms. The summed E-state index contributed by atoms with van der Waals surface area (Å²) in [6.45, 7) is 1.59. The van der Waals surface area contributed by atoms with Crippen molar-refractivity contribution in [2.24, 2.45) is 0 Å². The molecule has 0 aromatic heterocycles. The van der Waals surface area contributed by atoms with Gasteiger partial charge in [0.25, 0.3) is 0 Å². The number of halogens is 1. The Morgan fingerprint density at radius 3 is 2.45 bits per heavy atom. The second-order valence-corrected chi connectivity index (χ2v) is 6.94. The molecule has 1 aromatic carbocycles. The Labute approximate surface area is 117 Å². The Balaban J connectivity index is 1.85. The van der Waals surface area contributed by atoms with Gasteiger partial charge in [-0.1, -0.05) is 0 Å². The largest absolute Gasteiger partial charge is 0.346 e. The number of hydrogen-bond acceptors (Lipinski definition) is 4.